The molecule has 0 saturated heterocycles. The maximum atomic E-state index is 11.4. The van der Waals surface area contributed by atoms with Crippen LogP contribution < -0.4 is 4.74 Å². The lowest BCUT2D eigenvalue weighted by molar-refractivity contribution is 0.0600. The van der Waals surface area contributed by atoms with Crippen molar-refractivity contribution in [2.75, 3.05) is 7.11 Å². The van der Waals surface area contributed by atoms with Gasteiger partial charge in [-0.15, -0.1) is 0 Å². The Hall–Kier alpha value is -2.29. The maximum Gasteiger partial charge on any atom is 0.337 e. The van der Waals surface area contributed by atoms with Crippen molar-refractivity contribution in [2.45, 2.75) is 32.3 Å². The molecule has 0 aliphatic heterocycles. The zero-order valence-electron chi connectivity index (χ0n) is 12.8. The van der Waals surface area contributed by atoms with Gasteiger partial charge in [0.05, 0.1) is 12.7 Å². The van der Waals surface area contributed by atoms with E-state index in [0.29, 0.717) is 12.2 Å². The first-order valence-corrected chi connectivity index (χ1v) is 7.68. The fourth-order valence-corrected chi connectivity index (χ4v) is 2.82. The van der Waals surface area contributed by atoms with Gasteiger partial charge in [0.1, 0.15) is 12.4 Å². The highest BCUT2D eigenvalue weighted by Crippen LogP contribution is 2.25. The van der Waals surface area contributed by atoms with Crippen molar-refractivity contribution in [1.82, 2.24) is 0 Å². The molecule has 0 unspecified atom stereocenters. The fraction of sp³-hybridized carbons (Fsp3) is 0.316. The van der Waals surface area contributed by atoms with E-state index in [1.807, 2.05) is 18.2 Å². The van der Waals surface area contributed by atoms with E-state index in [-0.39, 0.29) is 5.97 Å². The van der Waals surface area contributed by atoms with E-state index in [0.717, 1.165) is 17.7 Å². The molecule has 0 heterocycles. The molecule has 114 valence electrons. The number of aryl methyl sites for hydroxylation is 2. The Morgan fingerprint density at radius 2 is 1.73 bits per heavy atom. The first kappa shape index (κ1) is 14.6. The highest BCUT2D eigenvalue weighted by atomic mass is 16.5. The van der Waals surface area contributed by atoms with Crippen molar-refractivity contribution < 1.29 is 14.3 Å². The van der Waals surface area contributed by atoms with E-state index < -0.39 is 0 Å². The molecule has 2 aromatic rings. The molecule has 3 nitrogen and oxygen atoms in total. The minimum Gasteiger partial charge on any atom is -0.489 e. The Balaban J connectivity index is 1.63. The number of methoxy groups -OCH3 is 1. The summed E-state index contributed by atoms with van der Waals surface area (Å²) in [6, 6.07) is 13.7. The van der Waals surface area contributed by atoms with Crippen molar-refractivity contribution >= 4 is 5.97 Å². The molecule has 0 bridgehead atoms. The molecule has 1 aliphatic carbocycles. The molecule has 0 N–H and O–H groups in total. The highest BCUT2D eigenvalue weighted by molar-refractivity contribution is 5.89. The van der Waals surface area contributed by atoms with Crippen LogP contribution in [0.1, 0.15) is 39.9 Å². The second-order valence-electron chi connectivity index (χ2n) is 5.61. The van der Waals surface area contributed by atoms with Gasteiger partial charge >= 0.3 is 5.97 Å². The molecule has 0 atom stereocenters. The van der Waals surface area contributed by atoms with E-state index in [9.17, 15) is 4.79 Å². The summed E-state index contributed by atoms with van der Waals surface area (Å²) in [5, 5.41) is 0. The van der Waals surface area contributed by atoms with Crippen LogP contribution in [0.25, 0.3) is 0 Å². The number of hydrogen-bond donors (Lipinski definition) is 0. The molecule has 1 aliphatic rings. The molecule has 0 saturated carbocycles. The van der Waals surface area contributed by atoms with Gasteiger partial charge in [0.15, 0.2) is 0 Å². The summed E-state index contributed by atoms with van der Waals surface area (Å²) in [6.45, 7) is 0.500. The summed E-state index contributed by atoms with van der Waals surface area (Å²) < 4.78 is 10.6. The normalized spacial score (nSPS) is 13.3. The van der Waals surface area contributed by atoms with Crippen LogP contribution in [-0.2, 0) is 24.2 Å². The summed E-state index contributed by atoms with van der Waals surface area (Å²) >= 11 is 0. The van der Waals surface area contributed by atoms with E-state index in [2.05, 4.69) is 16.9 Å². The van der Waals surface area contributed by atoms with Gasteiger partial charge in [-0.05, 0) is 66.6 Å². The molecule has 3 heteroatoms. The standard InChI is InChI=1S/C19H20O3/c1-21-19(20)16-8-6-14(7-9-16)13-22-18-11-10-15-4-2-3-5-17(15)12-18/h6-12H,2-5,13H2,1H3. The SMILES string of the molecule is COC(=O)c1ccc(COc2ccc3c(c2)CCCC3)cc1. The van der Waals surface area contributed by atoms with Gasteiger partial charge in [-0.25, -0.2) is 4.79 Å². The molecule has 0 fully saturated rings. The van der Waals surface area contributed by atoms with E-state index in [1.54, 1.807) is 12.1 Å². The second-order valence-corrected chi connectivity index (χ2v) is 5.61. The lowest BCUT2D eigenvalue weighted by Gasteiger charge is -2.16. The molecule has 22 heavy (non-hydrogen) atoms. The summed E-state index contributed by atoms with van der Waals surface area (Å²) in [7, 11) is 1.38. The Morgan fingerprint density at radius 1 is 1.00 bits per heavy atom. The topological polar surface area (TPSA) is 35.5 Å². The monoisotopic (exact) mass is 296 g/mol. The van der Waals surface area contributed by atoms with Gasteiger partial charge in [0, 0.05) is 0 Å². The minimum absolute atomic E-state index is 0.317. The van der Waals surface area contributed by atoms with Gasteiger partial charge in [-0.2, -0.15) is 0 Å². The van der Waals surface area contributed by atoms with Crippen LogP contribution in [0.4, 0.5) is 0 Å². The molecule has 0 amide bonds. The zero-order valence-corrected chi connectivity index (χ0v) is 12.8. The number of esters is 1. The van der Waals surface area contributed by atoms with Crippen molar-refractivity contribution in [2.24, 2.45) is 0 Å². The number of carbonyl (C=O) groups excluding carboxylic acids is 1. The summed E-state index contributed by atoms with van der Waals surface area (Å²) in [4.78, 5) is 11.4. The van der Waals surface area contributed by atoms with Crippen LogP contribution in [0, 0.1) is 0 Å². The van der Waals surface area contributed by atoms with Crippen molar-refractivity contribution in [3.05, 3.63) is 64.7 Å². The number of rotatable bonds is 4. The lowest BCUT2D eigenvalue weighted by Crippen LogP contribution is -2.04. The quantitative estimate of drug-likeness (QED) is 0.802. The predicted molar refractivity (Wildman–Crippen MR) is 85.2 cm³/mol. The first-order chi connectivity index (χ1) is 10.8. The molecule has 0 spiro atoms. The van der Waals surface area contributed by atoms with Gasteiger partial charge in [0.2, 0.25) is 0 Å². The van der Waals surface area contributed by atoms with Crippen molar-refractivity contribution in [3.63, 3.8) is 0 Å². The van der Waals surface area contributed by atoms with E-state index >= 15 is 0 Å². The summed E-state index contributed by atoms with van der Waals surface area (Å²) in [6.07, 6.45) is 4.90. The number of ether oxygens (including phenoxy) is 2. The van der Waals surface area contributed by atoms with Crippen LogP contribution in [0.3, 0.4) is 0 Å². The Labute approximate surface area is 130 Å². The van der Waals surface area contributed by atoms with E-state index in [1.165, 1.54) is 37.5 Å². The minimum atomic E-state index is -0.317. The first-order valence-electron chi connectivity index (χ1n) is 7.68. The smallest absolute Gasteiger partial charge is 0.337 e. The molecular weight excluding hydrogens is 276 g/mol. The van der Waals surface area contributed by atoms with Crippen LogP contribution in [0.2, 0.25) is 0 Å². The van der Waals surface area contributed by atoms with Crippen LogP contribution in [0.15, 0.2) is 42.5 Å². The predicted octanol–water partition coefficient (Wildman–Crippen LogP) is 3.93. The molecule has 3 rings (SSSR count). The van der Waals surface area contributed by atoms with Gasteiger partial charge in [-0.3, -0.25) is 0 Å². The van der Waals surface area contributed by atoms with Crippen LogP contribution >= 0.6 is 0 Å². The Kier molecular flexibility index (Phi) is 4.42. The molecule has 0 radical (unpaired) electrons. The number of hydrogen-bond acceptors (Lipinski definition) is 3. The van der Waals surface area contributed by atoms with Crippen LogP contribution in [-0.4, -0.2) is 13.1 Å². The average molecular weight is 296 g/mol. The Bertz CT molecular complexity index is 659. The van der Waals surface area contributed by atoms with Crippen molar-refractivity contribution in [3.8, 4) is 5.75 Å². The number of benzene rings is 2. The molecule has 2 aromatic carbocycles. The number of fused-ring (bicyclic) bond motifs is 1. The van der Waals surface area contributed by atoms with Crippen LogP contribution in [0.5, 0.6) is 5.75 Å². The maximum absolute atomic E-state index is 11.4. The third kappa shape index (κ3) is 3.30. The molecule has 0 aromatic heterocycles. The average Bonchev–Trinajstić information content (AvgIpc) is 2.59. The Morgan fingerprint density at radius 3 is 2.45 bits per heavy atom. The van der Waals surface area contributed by atoms with Gasteiger partial charge in [-0.1, -0.05) is 18.2 Å². The van der Waals surface area contributed by atoms with Gasteiger partial charge in [0.25, 0.3) is 0 Å². The highest BCUT2D eigenvalue weighted by Gasteiger charge is 2.10. The summed E-state index contributed by atoms with van der Waals surface area (Å²) in [5.74, 6) is 0.597. The van der Waals surface area contributed by atoms with E-state index in [4.69, 9.17) is 4.74 Å². The van der Waals surface area contributed by atoms with Gasteiger partial charge < -0.3 is 9.47 Å². The third-order valence-electron chi connectivity index (χ3n) is 4.10. The lowest BCUT2D eigenvalue weighted by atomic mass is 9.92. The third-order valence-corrected chi connectivity index (χ3v) is 4.10. The molecular formula is C19H20O3. The summed E-state index contributed by atoms with van der Waals surface area (Å²) in [5.41, 5.74) is 4.47. The largest absolute Gasteiger partial charge is 0.489 e. The second kappa shape index (κ2) is 6.65. The fourth-order valence-electron chi connectivity index (χ4n) is 2.82. The zero-order chi connectivity index (χ0) is 15.4. The number of carbonyl (C=O) groups is 1. The van der Waals surface area contributed by atoms with Crippen molar-refractivity contribution in [1.29, 1.82) is 0 Å².